The van der Waals surface area contributed by atoms with Crippen molar-refractivity contribution in [1.82, 2.24) is 20.1 Å². The first-order valence-corrected chi connectivity index (χ1v) is 11.3. The van der Waals surface area contributed by atoms with Gasteiger partial charge in [-0.15, -0.1) is 10.2 Å². The molecule has 2 aromatic carbocycles. The van der Waals surface area contributed by atoms with Crippen molar-refractivity contribution >= 4 is 45.0 Å². The van der Waals surface area contributed by atoms with Crippen LogP contribution in [-0.4, -0.2) is 46.7 Å². The molecule has 9 nitrogen and oxygen atoms in total. The first-order chi connectivity index (χ1) is 15.9. The van der Waals surface area contributed by atoms with Crippen molar-refractivity contribution in [3.63, 3.8) is 0 Å². The maximum atomic E-state index is 12.0. The highest BCUT2D eigenvalue weighted by atomic mass is 79.9. The van der Waals surface area contributed by atoms with Crippen LogP contribution < -0.4 is 16.4 Å². The van der Waals surface area contributed by atoms with Crippen LogP contribution in [0.4, 0.5) is 23.1 Å². The largest absolute Gasteiger partial charge is 0.377 e. The van der Waals surface area contributed by atoms with Gasteiger partial charge in [-0.2, -0.15) is 4.98 Å². The molecule has 0 spiro atoms. The van der Waals surface area contributed by atoms with Crippen LogP contribution in [0.3, 0.4) is 0 Å². The summed E-state index contributed by atoms with van der Waals surface area (Å²) in [5.74, 6) is -0.260. The van der Waals surface area contributed by atoms with Crippen molar-refractivity contribution in [2.75, 3.05) is 31.3 Å². The smallest absolute Gasteiger partial charge is 0.273 e. The molecule has 0 saturated heterocycles. The van der Waals surface area contributed by atoms with E-state index in [1.54, 1.807) is 7.11 Å². The van der Waals surface area contributed by atoms with Crippen molar-refractivity contribution in [2.45, 2.75) is 26.0 Å². The number of nitrogens with one attached hydrogen (secondary N) is 2. The number of ether oxygens (including phenoxy) is 1. The summed E-state index contributed by atoms with van der Waals surface area (Å²) in [6, 6.07) is 11.7. The van der Waals surface area contributed by atoms with Crippen LogP contribution in [-0.2, 0) is 17.7 Å². The fourth-order valence-corrected chi connectivity index (χ4v) is 4.54. The van der Waals surface area contributed by atoms with E-state index in [1.165, 1.54) is 11.1 Å². The average molecular weight is 512 g/mol. The number of methoxy groups -OCH3 is 1. The zero-order chi connectivity index (χ0) is 23.5. The summed E-state index contributed by atoms with van der Waals surface area (Å²) in [7, 11) is 3.74. The van der Waals surface area contributed by atoms with Crippen LogP contribution in [0.15, 0.2) is 40.9 Å². The number of amides is 1. The lowest BCUT2D eigenvalue weighted by Gasteiger charge is -2.26. The van der Waals surface area contributed by atoms with Gasteiger partial charge in [0.1, 0.15) is 0 Å². The van der Waals surface area contributed by atoms with Gasteiger partial charge in [-0.25, -0.2) is 0 Å². The number of nitrogens with zero attached hydrogens (tertiary/aromatic N) is 4. The number of carbonyl (C=O) groups is 1. The first kappa shape index (κ1) is 23.1. The number of likely N-dealkylation sites (N-methyl/N-ethyl adjacent to an activating group) is 1. The molecule has 1 aliphatic rings. The molecular formula is C23H26BrN7O2. The summed E-state index contributed by atoms with van der Waals surface area (Å²) in [5.41, 5.74) is 10.5. The highest BCUT2D eigenvalue weighted by molar-refractivity contribution is 9.10. The minimum absolute atomic E-state index is 0.0475. The first-order valence-electron chi connectivity index (χ1n) is 10.6. The lowest BCUT2D eigenvalue weighted by Crippen LogP contribution is -2.26. The van der Waals surface area contributed by atoms with Crippen molar-refractivity contribution in [3.05, 3.63) is 63.3 Å². The maximum Gasteiger partial charge on any atom is 0.273 e. The standard InChI is InChI=1S/C23H26BrN7O2/c1-13(33-3)16-6-4-5-7-19(16)27-22-20(21(25)32)29-30-23(28-22)26-15-10-14-12-31(2)9-8-17(14)18(24)11-15/h4-7,10-11,13H,8-9,12H2,1-3H3,(H2,25,32)(H2,26,27,28,30). The fraction of sp³-hybridized carbons (Fsp3) is 0.304. The van der Waals surface area contributed by atoms with Gasteiger partial charge in [0.2, 0.25) is 5.95 Å². The Kier molecular flexibility index (Phi) is 6.87. The second kappa shape index (κ2) is 9.82. The number of carbonyl (C=O) groups excluding carboxylic acids is 1. The second-order valence-electron chi connectivity index (χ2n) is 8.00. The lowest BCUT2D eigenvalue weighted by atomic mass is 9.99. The minimum atomic E-state index is -0.721. The van der Waals surface area contributed by atoms with Gasteiger partial charge < -0.3 is 26.0 Å². The molecule has 0 aliphatic carbocycles. The fourth-order valence-electron chi connectivity index (χ4n) is 3.84. The number of rotatable bonds is 7. The normalized spacial score (nSPS) is 14.4. The van der Waals surface area contributed by atoms with Gasteiger partial charge in [0, 0.05) is 41.6 Å². The van der Waals surface area contributed by atoms with Crippen molar-refractivity contribution in [1.29, 1.82) is 0 Å². The molecule has 10 heteroatoms. The lowest BCUT2D eigenvalue weighted by molar-refractivity contribution is 0.0995. The molecule has 33 heavy (non-hydrogen) atoms. The monoisotopic (exact) mass is 511 g/mol. The van der Waals surface area contributed by atoms with E-state index in [-0.39, 0.29) is 23.6 Å². The summed E-state index contributed by atoms with van der Waals surface area (Å²) in [6.07, 6.45) is 0.829. The molecule has 4 rings (SSSR count). The van der Waals surface area contributed by atoms with Gasteiger partial charge in [-0.05, 0) is 49.7 Å². The number of fused-ring (bicyclic) bond motifs is 1. The highest BCUT2D eigenvalue weighted by Gasteiger charge is 2.19. The topological polar surface area (TPSA) is 118 Å². The number of para-hydroxylation sites is 1. The van der Waals surface area contributed by atoms with E-state index in [0.29, 0.717) is 0 Å². The number of halogens is 1. The Balaban J connectivity index is 1.66. The minimum Gasteiger partial charge on any atom is -0.377 e. The number of hydrogen-bond acceptors (Lipinski definition) is 8. The summed E-state index contributed by atoms with van der Waals surface area (Å²) < 4.78 is 6.50. The van der Waals surface area contributed by atoms with Crippen molar-refractivity contribution < 1.29 is 9.53 Å². The molecule has 3 aromatic rings. The van der Waals surface area contributed by atoms with Crippen LogP contribution >= 0.6 is 15.9 Å². The molecule has 1 aromatic heterocycles. The Morgan fingerprint density at radius 2 is 2.03 bits per heavy atom. The maximum absolute atomic E-state index is 12.0. The Hall–Kier alpha value is -3.08. The molecule has 1 amide bonds. The number of anilines is 4. The average Bonchev–Trinajstić information content (AvgIpc) is 2.78. The Labute approximate surface area is 200 Å². The van der Waals surface area contributed by atoms with Crippen molar-refractivity contribution in [3.8, 4) is 0 Å². The zero-order valence-corrected chi connectivity index (χ0v) is 20.3. The molecule has 0 fully saturated rings. The van der Waals surface area contributed by atoms with E-state index in [0.717, 1.165) is 40.9 Å². The molecule has 1 aliphatic heterocycles. The third-order valence-electron chi connectivity index (χ3n) is 5.65. The number of benzene rings is 2. The van der Waals surface area contributed by atoms with E-state index in [2.05, 4.69) is 59.8 Å². The van der Waals surface area contributed by atoms with Gasteiger partial charge >= 0.3 is 0 Å². The van der Waals surface area contributed by atoms with Crippen LogP contribution in [0.1, 0.15) is 40.2 Å². The van der Waals surface area contributed by atoms with E-state index in [4.69, 9.17) is 10.5 Å². The molecule has 0 saturated carbocycles. The second-order valence-corrected chi connectivity index (χ2v) is 8.85. The van der Waals surface area contributed by atoms with Gasteiger partial charge in [-0.3, -0.25) is 4.79 Å². The van der Waals surface area contributed by atoms with E-state index in [9.17, 15) is 4.79 Å². The van der Waals surface area contributed by atoms with E-state index < -0.39 is 5.91 Å². The number of primary amides is 1. The van der Waals surface area contributed by atoms with Crippen LogP contribution in [0.5, 0.6) is 0 Å². The van der Waals surface area contributed by atoms with Gasteiger partial charge in [0.05, 0.1) is 6.10 Å². The molecule has 1 atom stereocenters. The van der Waals surface area contributed by atoms with Crippen LogP contribution in [0, 0.1) is 0 Å². The molecular weight excluding hydrogens is 486 g/mol. The van der Waals surface area contributed by atoms with Gasteiger partial charge in [0.15, 0.2) is 11.5 Å². The Morgan fingerprint density at radius 1 is 1.24 bits per heavy atom. The predicted molar refractivity (Wildman–Crippen MR) is 131 cm³/mol. The Morgan fingerprint density at radius 3 is 2.79 bits per heavy atom. The van der Waals surface area contributed by atoms with Gasteiger partial charge in [-0.1, -0.05) is 34.1 Å². The summed E-state index contributed by atoms with van der Waals surface area (Å²) in [5, 5.41) is 14.5. The molecule has 1 unspecified atom stereocenters. The highest BCUT2D eigenvalue weighted by Crippen LogP contribution is 2.32. The third kappa shape index (κ3) is 5.13. The van der Waals surface area contributed by atoms with Crippen LogP contribution in [0.25, 0.3) is 0 Å². The molecule has 172 valence electrons. The Bertz CT molecular complexity index is 1190. The number of nitrogens with two attached hydrogens (primary N) is 1. The number of aromatic nitrogens is 3. The van der Waals surface area contributed by atoms with E-state index >= 15 is 0 Å². The molecule has 0 radical (unpaired) electrons. The molecule has 2 heterocycles. The number of hydrogen-bond donors (Lipinski definition) is 3. The predicted octanol–water partition coefficient (Wildman–Crippen LogP) is 3.92. The summed E-state index contributed by atoms with van der Waals surface area (Å²) in [6.45, 7) is 3.83. The van der Waals surface area contributed by atoms with Crippen molar-refractivity contribution in [2.24, 2.45) is 5.73 Å². The quantitative estimate of drug-likeness (QED) is 0.436. The molecule has 0 bridgehead atoms. The third-order valence-corrected chi connectivity index (χ3v) is 6.36. The van der Waals surface area contributed by atoms with E-state index in [1.807, 2.05) is 37.3 Å². The summed E-state index contributed by atoms with van der Waals surface area (Å²) in [4.78, 5) is 18.8. The zero-order valence-electron chi connectivity index (χ0n) is 18.7. The van der Waals surface area contributed by atoms with Crippen LogP contribution in [0.2, 0.25) is 0 Å². The summed E-state index contributed by atoms with van der Waals surface area (Å²) >= 11 is 3.68. The molecule has 4 N–H and O–H groups in total. The van der Waals surface area contributed by atoms with Gasteiger partial charge in [0.25, 0.3) is 5.91 Å². The SMILES string of the molecule is COC(C)c1ccccc1Nc1nc(Nc2cc(Br)c3c(c2)CN(C)CC3)nnc1C(N)=O.